The molecule has 3 aromatic carbocycles. The van der Waals surface area contributed by atoms with Gasteiger partial charge < -0.3 is 10.1 Å². The van der Waals surface area contributed by atoms with Gasteiger partial charge in [0.2, 0.25) is 0 Å². The quantitative estimate of drug-likeness (QED) is 0.341. The van der Waals surface area contributed by atoms with Crippen molar-refractivity contribution in [1.82, 2.24) is 5.32 Å². The van der Waals surface area contributed by atoms with Crippen molar-refractivity contribution in [1.29, 1.82) is 0 Å². The van der Waals surface area contributed by atoms with Crippen LogP contribution in [-0.4, -0.2) is 25.0 Å². The van der Waals surface area contributed by atoms with Gasteiger partial charge in [-0.05, 0) is 47.4 Å². The van der Waals surface area contributed by atoms with Crippen molar-refractivity contribution in [2.45, 2.75) is 19.3 Å². The minimum absolute atomic E-state index is 0.0156. The van der Waals surface area contributed by atoms with Gasteiger partial charge in [0.1, 0.15) is 12.4 Å². The average molecular weight is 427 g/mol. The van der Waals surface area contributed by atoms with Gasteiger partial charge in [-0.25, -0.2) is 9.18 Å². The summed E-state index contributed by atoms with van der Waals surface area (Å²) >= 11 is 0. The molecule has 1 N–H and O–H groups in total. The Morgan fingerprint density at radius 1 is 1.00 bits per heavy atom. The molecule has 0 heterocycles. The fraction of sp³-hybridized carbons (Fsp3) is 0.185. The number of benzene rings is 3. The second kappa shape index (κ2) is 9.49. The zero-order valence-corrected chi connectivity index (χ0v) is 17.7. The van der Waals surface area contributed by atoms with E-state index in [1.165, 1.54) is 36.2 Å². The van der Waals surface area contributed by atoms with Crippen molar-refractivity contribution in [3.8, 4) is 23.0 Å². The van der Waals surface area contributed by atoms with Crippen LogP contribution >= 0.6 is 0 Å². The molecule has 0 unspecified atom stereocenters. The summed E-state index contributed by atoms with van der Waals surface area (Å²) < 4.78 is 19.1. The molecule has 4 rings (SSSR count). The number of carbonyl (C=O) groups is 2. The van der Waals surface area contributed by atoms with E-state index in [-0.39, 0.29) is 23.9 Å². The van der Waals surface area contributed by atoms with Gasteiger partial charge >= 0.3 is 6.09 Å². The molecule has 0 saturated carbocycles. The van der Waals surface area contributed by atoms with Gasteiger partial charge in [0.25, 0.3) is 0 Å². The molecule has 0 atom stereocenters. The van der Waals surface area contributed by atoms with Crippen LogP contribution in [0.4, 0.5) is 9.18 Å². The molecule has 0 bridgehead atoms. The van der Waals surface area contributed by atoms with Gasteiger partial charge in [0, 0.05) is 24.4 Å². The van der Waals surface area contributed by atoms with E-state index in [1.807, 2.05) is 24.3 Å². The van der Waals surface area contributed by atoms with E-state index in [9.17, 15) is 14.0 Å². The highest BCUT2D eigenvalue weighted by Gasteiger charge is 2.28. The predicted molar refractivity (Wildman–Crippen MR) is 121 cm³/mol. The third kappa shape index (κ3) is 4.55. The predicted octanol–water partition coefficient (Wildman–Crippen LogP) is 5.31. The summed E-state index contributed by atoms with van der Waals surface area (Å²) in [5.74, 6) is 4.91. The van der Waals surface area contributed by atoms with Gasteiger partial charge in [0.05, 0.1) is 5.56 Å². The third-order valence-corrected chi connectivity index (χ3v) is 5.44. The highest BCUT2D eigenvalue weighted by atomic mass is 19.1. The summed E-state index contributed by atoms with van der Waals surface area (Å²) in [7, 11) is 0. The van der Waals surface area contributed by atoms with E-state index in [1.54, 1.807) is 0 Å². The number of fused-ring (bicyclic) bond motifs is 3. The number of hydrogen-bond acceptors (Lipinski definition) is 3. The van der Waals surface area contributed by atoms with Crippen molar-refractivity contribution in [3.05, 3.63) is 94.8 Å². The summed E-state index contributed by atoms with van der Waals surface area (Å²) in [6.45, 7) is 1.90. The second-order valence-electron chi connectivity index (χ2n) is 7.55. The minimum atomic E-state index is -0.556. The van der Waals surface area contributed by atoms with E-state index in [4.69, 9.17) is 4.74 Å². The van der Waals surface area contributed by atoms with E-state index < -0.39 is 11.9 Å². The monoisotopic (exact) mass is 427 g/mol. The van der Waals surface area contributed by atoms with E-state index in [0.29, 0.717) is 18.5 Å². The zero-order chi connectivity index (χ0) is 22.5. The van der Waals surface area contributed by atoms with Crippen molar-refractivity contribution >= 4 is 11.9 Å². The fourth-order valence-electron chi connectivity index (χ4n) is 3.91. The Bertz CT molecular complexity index is 1190. The molecule has 0 radical (unpaired) electrons. The lowest BCUT2D eigenvalue weighted by molar-refractivity contribution is 0.101. The summed E-state index contributed by atoms with van der Waals surface area (Å²) in [6.07, 6.45) is -0.0916. The maximum absolute atomic E-state index is 13.6. The molecule has 3 aromatic rings. The average Bonchev–Trinajstić information content (AvgIpc) is 3.12. The number of carbonyl (C=O) groups excluding carboxylic acids is 2. The number of Topliss-reactive ketones (excluding diaryl/α,β-unsaturated/α-hetero) is 1. The van der Waals surface area contributed by atoms with E-state index >= 15 is 0 Å². The Labute approximate surface area is 186 Å². The van der Waals surface area contributed by atoms with Crippen LogP contribution in [0.2, 0.25) is 0 Å². The van der Waals surface area contributed by atoms with Gasteiger partial charge in [0.15, 0.2) is 5.78 Å². The number of hydrogen-bond donors (Lipinski definition) is 1. The highest BCUT2D eigenvalue weighted by Crippen LogP contribution is 2.44. The maximum atomic E-state index is 13.6. The molecule has 0 spiro atoms. The SMILES string of the molecule is CC(=O)c1cc(C#CCCNC(=O)OCC2c3ccccc3-c3ccccc32)ccc1F. The molecular formula is C27H22FNO3. The van der Waals surface area contributed by atoms with Gasteiger partial charge in [-0.15, -0.1) is 0 Å². The van der Waals surface area contributed by atoms with Crippen molar-refractivity contribution in [2.75, 3.05) is 13.2 Å². The van der Waals surface area contributed by atoms with Crippen LogP contribution in [0.15, 0.2) is 66.7 Å². The summed E-state index contributed by atoms with van der Waals surface area (Å²) in [6, 6.07) is 20.5. The summed E-state index contributed by atoms with van der Waals surface area (Å²) in [5, 5.41) is 2.70. The fourth-order valence-corrected chi connectivity index (χ4v) is 3.91. The molecule has 4 nitrogen and oxygen atoms in total. The van der Waals surface area contributed by atoms with Crippen molar-refractivity contribution in [3.63, 3.8) is 0 Å². The summed E-state index contributed by atoms with van der Waals surface area (Å²) in [4.78, 5) is 23.6. The lowest BCUT2D eigenvalue weighted by atomic mass is 9.98. The third-order valence-electron chi connectivity index (χ3n) is 5.44. The number of halogens is 1. The first-order chi connectivity index (χ1) is 15.5. The molecule has 0 aromatic heterocycles. The molecule has 0 aliphatic heterocycles. The van der Waals surface area contributed by atoms with E-state index in [0.717, 1.165) is 11.1 Å². The van der Waals surface area contributed by atoms with Crippen LogP contribution in [0.25, 0.3) is 11.1 Å². The van der Waals surface area contributed by atoms with Crippen LogP contribution in [-0.2, 0) is 4.74 Å². The topological polar surface area (TPSA) is 55.4 Å². The zero-order valence-electron chi connectivity index (χ0n) is 17.7. The number of amides is 1. The Kier molecular flexibility index (Phi) is 6.32. The van der Waals surface area contributed by atoms with Crippen LogP contribution < -0.4 is 5.32 Å². The number of ketones is 1. The van der Waals surface area contributed by atoms with Gasteiger partial charge in [-0.3, -0.25) is 4.79 Å². The maximum Gasteiger partial charge on any atom is 0.407 e. The first-order valence-corrected chi connectivity index (χ1v) is 10.4. The Morgan fingerprint density at radius 2 is 1.66 bits per heavy atom. The number of alkyl carbamates (subject to hydrolysis) is 1. The molecule has 5 heteroatoms. The normalized spacial score (nSPS) is 11.7. The molecule has 1 aliphatic carbocycles. The second-order valence-corrected chi connectivity index (χ2v) is 7.55. The molecule has 1 aliphatic rings. The van der Waals surface area contributed by atoms with Crippen molar-refractivity contribution < 1.29 is 18.7 Å². The lowest BCUT2D eigenvalue weighted by Gasteiger charge is -2.14. The van der Waals surface area contributed by atoms with E-state index in [2.05, 4.69) is 41.4 Å². The molecule has 0 saturated heterocycles. The van der Waals surface area contributed by atoms with Crippen molar-refractivity contribution in [2.24, 2.45) is 0 Å². The molecule has 160 valence electrons. The number of nitrogens with one attached hydrogen (secondary N) is 1. The molecule has 0 fully saturated rings. The largest absolute Gasteiger partial charge is 0.449 e. The Balaban J connectivity index is 1.29. The standard InChI is InChI=1S/C27H22FNO3/c1-18(30)24-16-19(13-14-26(24)28)8-6-7-15-29-27(31)32-17-25-22-11-4-2-9-20(22)21-10-3-5-12-23(21)25/h2-5,9-14,16,25H,7,15,17H2,1H3,(H,29,31). The number of ether oxygens (including phenoxy) is 1. The molecule has 32 heavy (non-hydrogen) atoms. The minimum Gasteiger partial charge on any atom is -0.449 e. The number of rotatable bonds is 5. The van der Waals surface area contributed by atoms with Gasteiger partial charge in [-0.1, -0.05) is 60.4 Å². The molecular weight excluding hydrogens is 405 g/mol. The first kappa shape index (κ1) is 21.3. The van der Waals surface area contributed by atoms with Crippen LogP contribution in [0.3, 0.4) is 0 Å². The van der Waals surface area contributed by atoms with Gasteiger partial charge in [-0.2, -0.15) is 0 Å². The summed E-state index contributed by atoms with van der Waals surface area (Å²) in [5.41, 5.74) is 5.27. The lowest BCUT2D eigenvalue weighted by Crippen LogP contribution is -2.26. The Hall–Kier alpha value is -3.91. The smallest absolute Gasteiger partial charge is 0.407 e. The van der Waals surface area contributed by atoms with Crippen LogP contribution in [0.5, 0.6) is 0 Å². The molecule has 1 amide bonds. The van der Waals surface area contributed by atoms with Crippen LogP contribution in [0, 0.1) is 17.7 Å². The van der Waals surface area contributed by atoms with Crippen LogP contribution in [0.1, 0.15) is 46.3 Å². The first-order valence-electron chi connectivity index (χ1n) is 10.4. The highest BCUT2D eigenvalue weighted by molar-refractivity contribution is 5.94. The Morgan fingerprint density at radius 3 is 2.31 bits per heavy atom.